The maximum atomic E-state index is 13.5. The minimum Gasteiger partial charge on any atom is -0.491 e. The number of carbonyl (C=O) groups excluding carboxylic acids is 2. The van der Waals surface area contributed by atoms with Gasteiger partial charge in [0.1, 0.15) is 28.8 Å². The molecule has 0 bridgehead atoms. The number of imidazole rings is 2. The Morgan fingerprint density at radius 1 is 0.780 bits per heavy atom. The number of carboxylic acids is 1. The molecule has 3 heterocycles. The number of aliphatic carboxylic acids is 1. The first-order chi connectivity index (χ1) is 19.8. The molecule has 15 heteroatoms. The zero-order valence-electron chi connectivity index (χ0n) is 22.4. The van der Waals surface area contributed by atoms with Crippen molar-refractivity contribution in [1.82, 2.24) is 19.1 Å². The van der Waals surface area contributed by atoms with Gasteiger partial charge in [-0.05, 0) is 47.8 Å². The number of carbonyl (C=O) groups is 3. The monoisotopic (exact) mass is 603 g/mol. The van der Waals surface area contributed by atoms with Crippen LogP contribution in [0.4, 0.5) is 5.69 Å². The van der Waals surface area contributed by atoms with Gasteiger partial charge in [0.05, 0.1) is 38.7 Å². The fourth-order valence-electron chi connectivity index (χ4n) is 3.50. The highest BCUT2D eigenvalue weighted by molar-refractivity contribution is 8.08. The quantitative estimate of drug-likeness (QED) is 0.178. The van der Waals surface area contributed by atoms with Crippen LogP contribution in [-0.2, 0) is 42.7 Å². The molecule has 41 heavy (non-hydrogen) atoms. The van der Waals surface area contributed by atoms with Gasteiger partial charge in [-0.2, -0.15) is 0 Å². The lowest BCUT2D eigenvalue weighted by molar-refractivity contribution is -0.142. The number of aromatic nitrogens is 4. The van der Waals surface area contributed by atoms with Crippen LogP contribution in [0.1, 0.15) is 0 Å². The van der Waals surface area contributed by atoms with Gasteiger partial charge in [0.25, 0.3) is 11.8 Å². The molecule has 0 atom stereocenters. The van der Waals surface area contributed by atoms with E-state index in [1.54, 1.807) is 58.2 Å². The standard InChI is InChI=1S/C26H29N5O8S2/c1-29-9-7-27-25(29)40-21-22(41-26-28-8-10-30(26)2)24(35)31(23(21)34)18-3-5-19(6-4-18)39-16-15-37-12-11-36-13-14-38-17-20(32)33/h3-10H,11-17H2,1-2H3,(H,32,33). The normalized spacial score (nSPS) is 13.5. The van der Waals surface area contributed by atoms with Crippen molar-refractivity contribution in [2.45, 2.75) is 10.3 Å². The topological polar surface area (TPSA) is 147 Å². The van der Waals surface area contributed by atoms with Crippen LogP contribution >= 0.6 is 23.5 Å². The van der Waals surface area contributed by atoms with Gasteiger partial charge in [-0.15, -0.1) is 0 Å². The number of rotatable bonds is 17. The minimum absolute atomic E-state index is 0.199. The Kier molecular flexibility index (Phi) is 11.0. The largest absolute Gasteiger partial charge is 0.491 e. The molecular formula is C26H29N5O8S2. The maximum Gasteiger partial charge on any atom is 0.329 e. The summed E-state index contributed by atoms with van der Waals surface area (Å²) in [6.45, 7) is 1.45. The van der Waals surface area contributed by atoms with E-state index in [-0.39, 0.29) is 29.6 Å². The molecule has 4 rings (SSSR count). The van der Waals surface area contributed by atoms with Gasteiger partial charge in [-0.25, -0.2) is 19.7 Å². The fourth-order valence-corrected chi connectivity index (χ4v) is 5.47. The van der Waals surface area contributed by atoms with Crippen LogP contribution in [0, 0.1) is 0 Å². The van der Waals surface area contributed by atoms with E-state index >= 15 is 0 Å². The van der Waals surface area contributed by atoms with Gasteiger partial charge in [0.2, 0.25) is 0 Å². The highest BCUT2D eigenvalue weighted by Gasteiger charge is 2.41. The smallest absolute Gasteiger partial charge is 0.329 e. The van der Waals surface area contributed by atoms with Crippen molar-refractivity contribution in [2.75, 3.05) is 51.1 Å². The summed E-state index contributed by atoms with van der Waals surface area (Å²) in [5, 5.41) is 9.65. The fraction of sp³-hybridized carbons (Fsp3) is 0.346. The van der Waals surface area contributed by atoms with E-state index in [4.69, 9.17) is 24.1 Å². The highest BCUT2D eigenvalue weighted by atomic mass is 32.2. The molecule has 0 fully saturated rings. The number of nitrogens with zero attached hydrogens (tertiary/aromatic N) is 5. The predicted molar refractivity (Wildman–Crippen MR) is 150 cm³/mol. The van der Waals surface area contributed by atoms with E-state index < -0.39 is 17.8 Å². The third-order valence-electron chi connectivity index (χ3n) is 5.50. The number of hydrogen-bond donors (Lipinski definition) is 1. The Hall–Kier alpha value is -3.63. The Bertz CT molecular complexity index is 1320. The van der Waals surface area contributed by atoms with Crippen molar-refractivity contribution in [1.29, 1.82) is 0 Å². The van der Waals surface area contributed by atoms with Crippen LogP contribution in [0.25, 0.3) is 0 Å². The third kappa shape index (κ3) is 8.20. The van der Waals surface area contributed by atoms with Gasteiger partial charge in [0, 0.05) is 38.9 Å². The summed E-state index contributed by atoms with van der Waals surface area (Å²) in [6, 6.07) is 6.69. The van der Waals surface area contributed by atoms with Gasteiger partial charge >= 0.3 is 5.97 Å². The zero-order chi connectivity index (χ0) is 29.2. The summed E-state index contributed by atoms with van der Waals surface area (Å²) in [6.07, 6.45) is 6.81. The number of amides is 2. The van der Waals surface area contributed by atoms with Crippen LogP contribution in [0.2, 0.25) is 0 Å². The lowest BCUT2D eigenvalue weighted by Crippen LogP contribution is -2.31. The summed E-state index contributed by atoms with van der Waals surface area (Å²) >= 11 is 2.29. The number of ether oxygens (including phenoxy) is 4. The lowest BCUT2D eigenvalue weighted by Gasteiger charge is -2.16. The molecule has 1 aliphatic rings. The predicted octanol–water partition coefficient (Wildman–Crippen LogP) is 2.34. The molecule has 0 aliphatic carbocycles. The van der Waals surface area contributed by atoms with Gasteiger partial charge in [0.15, 0.2) is 10.3 Å². The summed E-state index contributed by atoms with van der Waals surface area (Å²) in [4.78, 5) is 47.7. The van der Waals surface area contributed by atoms with E-state index in [0.29, 0.717) is 48.2 Å². The number of carboxylic acid groups (broad SMARTS) is 1. The number of aryl methyl sites for hydroxylation is 2. The van der Waals surface area contributed by atoms with Crippen LogP contribution in [0.3, 0.4) is 0 Å². The summed E-state index contributed by atoms with van der Waals surface area (Å²) in [7, 11) is 3.64. The van der Waals surface area contributed by atoms with E-state index in [9.17, 15) is 14.4 Å². The Morgan fingerprint density at radius 2 is 1.27 bits per heavy atom. The molecule has 0 spiro atoms. The summed E-state index contributed by atoms with van der Waals surface area (Å²) in [5.74, 6) is -1.33. The average Bonchev–Trinajstić information content (AvgIpc) is 3.62. The number of benzene rings is 1. The number of anilines is 1. The third-order valence-corrected chi connectivity index (χ3v) is 7.95. The molecule has 1 aromatic carbocycles. The van der Waals surface area contributed by atoms with E-state index in [2.05, 4.69) is 9.97 Å². The molecule has 0 unspecified atom stereocenters. The van der Waals surface area contributed by atoms with E-state index in [0.717, 1.165) is 28.4 Å². The molecular weight excluding hydrogens is 574 g/mol. The average molecular weight is 604 g/mol. The summed E-state index contributed by atoms with van der Waals surface area (Å²) in [5.41, 5.74) is 0.418. The van der Waals surface area contributed by atoms with Gasteiger partial charge in [-0.1, -0.05) is 0 Å². The second-order valence-corrected chi connectivity index (χ2v) is 10.4. The van der Waals surface area contributed by atoms with Crippen molar-refractivity contribution >= 4 is 47.0 Å². The molecule has 0 saturated carbocycles. The molecule has 2 amide bonds. The maximum absolute atomic E-state index is 13.5. The van der Waals surface area contributed by atoms with Gasteiger partial charge in [-0.3, -0.25) is 9.59 Å². The number of hydrogen-bond acceptors (Lipinski definition) is 11. The Morgan fingerprint density at radius 3 is 1.73 bits per heavy atom. The first-order valence-electron chi connectivity index (χ1n) is 12.5. The molecule has 0 radical (unpaired) electrons. The van der Waals surface area contributed by atoms with Crippen LogP contribution in [0.5, 0.6) is 5.75 Å². The van der Waals surface area contributed by atoms with Crippen molar-refractivity contribution in [3.8, 4) is 5.75 Å². The summed E-state index contributed by atoms with van der Waals surface area (Å²) < 4.78 is 24.9. The first kappa shape index (κ1) is 30.3. The van der Waals surface area contributed by atoms with Gasteiger partial charge < -0.3 is 33.2 Å². The van der Waals surface area contributed by atoms with Crippen molar-refractivity contribution in [3.05, 3.63) is 58.9 Å². The second kappa shape index (κ2) is 14.8. The van der Waals surface area contributed by atoms with Crippen LogP contribution < -0.4 is 9.64 Å². The molecule has 1 N–H and O–H groups in total. The molecule has 218 valence electrons. The van der Waals surface area contributed by atoms with Crippen molar-refractivity contribution in [3.63, 3.8) is 0 Å². The minimum atomic E-state index is -1.02. The van der Waals surface area contributed by atoms with E-state index in [1.807, 2.05) is 14.1 Å². The zero-order valence-corrected chi connectivity index (χ0v) is 24.1. The van der Waals surface area contributed by atoms with Crippen molar-refractivity contribution in [2.24, 2.45) is 14.1 Å². The molecule has 0 saturated heterocycles. The Labute approximate surface area is 244 Å². The first-order valence-corrected chi connectivity index (χ1v) is 14.1. The lowest BCUT2D eigenvalue weighted by atomic mass is 10.3. The Balaban J connectivity index is 1.29. The van der Waals surface area contributed by atoms with Crippen molar-refractivity contribution < 1.29 is 38.4 Å². The molecule has 3 aromatic rings. The number of imide groups is 1. The number of thioether (sulfide) groups is 2. The molecule has 1 aliphatic heterocycles. The van der Waals surface area contributed by atoms with E-state index in [1.165, 1.54) is 0 Å². The highest BCUT2D eigenvalue weighted by Crippen LogP contribution is 2.43. The second-order valence-electron chi connectivity index (χ2n) is 8.46. The van der Waals surface area contributed by atoms with Crippen LogP contribution in [-0.4, -0.2) is 88.2 Å². The molecule has 2 aromatic heterocycles. The molecule has 13 nitrogen and oxygen atoms in total. The van der Waals surface area contributed by atoms with Crippen LogP contribution in [0.15, 0.2) is 69.2 Å². The SMILES string of the molecule is Cn1ccnc1SC1=C(Sc2nccn2C)C(=O)N(c2ccc(OCCOCCOCCOCC(=O)O)cc2)C1=O.